The third-order valence-corrected chi connectivity index (χ3v) is 4.06. The van der Waals surface area contributed by atoms with Gasteiger partial charge in [-0.2, -0.15) is 0 Å². The molecular formula is C13H21BrN4OS. The average Bonchev–Trinajstić information content (AvgIpc) is 2.74. The molecule has 0 fully saturated rings. The maximum Gasteiger partial charge on any atom is 0.239 e. The van der Waals surface area contributed by atoms with E-state index in [2.05, 4.69) is 37.6 Å². The summed E-state index contributed by atoms with van der Waals surface area (Å²) in [5.74, 6) is 0.668. The first-order chi connectivity index (χ1) is 9.42. The van der Waals surface area contributed by atoms with Gasteiger partial charge in [0.15, 0.2) is 5.96 Å². The summed E-state index contributed by atoms with van der Waals surface area (Å²) >= 11 is 5.14. The smallest absolute Gasteiger partial charge is 0.239 e. The topological polar surface area (TPSA) is 56.7 Å². The molecule has 112 valence electrons. The summed E-state index contributed by atoms with van der Waals surface area (Å²) in [6.07, 6.45) is 0. The predicted molar refractivity (Wildman–Crippen MR) is 88.1 cm³/mol. The van der Waals surface area contributed by atoms with Crippen molar-refractivity contribution in [1.29, 1.82) is 0 Å². The van der Waals surface area contributed by atoms with Crippen LogP contribution in [0.5, 0.6) is 0 Å². The Labute approximate surface area is 132 Å². The van der Waals surface area contributed by atoms with E-state index in [1.54, 1.807) is 18.4 Å². The maximum atomic E-state index is 11.6. The largest absolute Gasteiger partial charge is 0.352 e. The van der Waals surface area contributed by atoms with Crippen LogP contribution < -0.4 is 10.6 Å². The number of nitrogens with zero attached hydrogens (tertiary/aromatic N) is 2. The minimum absolute atomic E-state index is 0.0339. The Kier molecular flexibility index (Phi) is 7.01. The van der Waals surface area contributed by atoms with E-state index in [0.29, 0.717) is 5.96 Å². The zero-order chi connectivity index (χ0) is 15.1. The van der Waals surface area contributed by atoms with Crippen molar-refractivity contribution in [2.24, 2.45) is 4.99 Å². The SMILES string of the molecule is CN=C(NCC(=O)NC(C)C)N(C)Cc1ccc(Br)s1. The Morgan fingerprint density at radius 1 is 1.50 bits per heavy atom. The average molecular weight is 361 g/mol. The van der Waals surface area contributed by atoms with Crippen LogP contribution in [0.4, 0.5) is 0 Å². The number of hydrogen-bond donors (Lipinski definition) is 2. The lowest BCUT2D eigenvalue weighted by Gasteiger charge is -2.21. The van der Waals surface area contributed by atoms with Gasteiger partial charge >= 0.3 is 0 Å². The Hall–Kier alpha value is -1.08. The van der Waals surface area contributed by atoms with Crippen LogP contribution >= 0.6 is 27.3 Å². The quantitative estimate of drug-likeness (QED) is 0.623. The van der Waals surface area contributed by atoms with E-state index >= 15 is 0 Å². The Morgan fingerprint density at radius 3 is 2.70 bits per heavy atom. The summed E-state index contributed by atoms with van der Waals surface area (Å²) in [6, 6.07) is 4.25. The molecule has 1 aromatic rings. The first-order valence-corrected chi connectivity index (χ1v) is 7.98. The molecule has 0 spiro atoms. The number of aliphatic imine (C=N–C) groups is 1. The van der Waals surface area contributed by atoms with Crippen LogP contribution in [0.2, 0.25) is 0 Å². The summed E-state index contributed by atoms with van der Waals surface area (Å²) in [7, 11) is 3.66. The Bertz CT molecular complexity index is 473. The van der Waals surface area contributed by atoms with Crippen LogP contribution in [0.15, 0.2) is 20.9 Å². The molecule has 1 rings (SSSR count). The Morgan fingerprint density at radius 2 is 2.20 bits per heavy atom. The standard InChI is InChI=1S/C13H21BrN4OS/c1-9(2)17-12(19)7-16-13(15-3)18(4)8-10-5-6-11(14)20-10/h5-6,9H,7-8H2,1-4H3,(H,15,16)(H,17,19). The highest BCUT2D eigenvalue weighted by atomic mass is 79.9. The van der Waals surface area contributed by atoms with E-state index < -0.39 is 0 Å². The minimum Gasteiger partial charge on any atom is -0.352 e. The highest BCUT2D eigenvalue weighted by molar-refractivity contribution is 9.11. The van der Waals surface area contributed by atoms with Gasteiger partial charge in [0.2, 0.25) is 5.91 Å². The van der Waals surface area contributed by atoms with Crippen molar-refractivity contribution in [2.75, 3.05) is 20.6 Å². The predicted octanol–water partition coefficient (Wildman–Crippen LogP) is 2.04. The van der Waals surface area contributed by atoms with E-state index in [9.17, 15) is 4.79 Å². The fourth-order valence-corrected chi connectivity index (χ4v) is 3.20. The van der Waals surface area contributed by atoms with Gasteiger partial charge in [-0.3, -0.25) is 9.79 Å². The molecule has 1 amide bonds. The van der Waals surface area contributed by atoms with Crippen molar-refractivity contribution in [3.63, 3.8) is 0 Å². The van der Waals surface area contributed by atoms with Gasteiger partial charge in [-0.15, -0.1) is 11.3 Å². The van der Waals surface area contributed by atoms with Crippen LogP contribution in [0, 0.1) is 0 Å². The van der Waals surface area contributed by atoms with Gasteiger partial charge in [0.1, 0.15) is 0 Å². The van der Waals surface area contributed by atoms with Crippen molar-refractivity contribution in [1.82, 2.24) is 15.5 Å². The van der Waals surface area contributed by atoms with Gasteiger partial charge in [0.05, 0.1) is 16.9 Å². The van der Waals surface area contributed by atoms with E-state index in [1.807, 2.05) is 31.9 Å². The molecule has 0 bridgehead atoms. The number of hydrogen-bond acceptors (Lipinski definition) is 3. The number of halogens is 1. The van der Waals surface area contributed by atoms with E-state index in [4.69, 9.17) is 0 Å². The molecule has 0 aliphatic heterocycles. The zero-order valence-corrected chi connectivity index (χ0v) is 14.6. The molecule has 5 nitrogen and oxygen atoms in total. The minimum atomic E-state index is -0.0339. The number of guanidine groups is 1. The normalized spacial score (nSPS) is 11.6. The number of thiophene rings is 1. The van der Waals surface area contributed by atoms with Crippen LogP contribution in [-0.4, -0.2) is 43.4 Å². The molecule has 1 aromatic heterocycles. The summed E-state index contributed by atoms with van der Waals surface area (Å²) in [5.41, 5.74) is 0. The number of carbonyl (C=O) groups excluding carboxylic acids is 1. The first-order valence-electron chi connectivity index (χ1n) is 6.37. The summed E-state index contributed by atoms with van der Waals surface area (Å²) in [5, 5.41) is 5.89. The molecule has 0 aromatic carbocycles. The van der Waals surface area contributed by atoms with Gasteiger partial charge in [-0.1, -0.05) is 0 Å². The second-order valence-corrected chi connectivity index (χ2v) is 7.23. The lowest BCUT2D eigenvalue weighted by atomic mass is 10.4. The number of nitrogens with one attached hydrogen (secondary N) is 2. The first kappa shape index (κ1) is 17.0. The zero-order valence-electron chi connectivity index (χ0n) is 12.2. The van der Waals surface area contributed by atoms with Gasteiger partial charge in [-0.25, -0.2) is 0 Å². The second-order valence-electron chi connectivity index (χ2n) is 4.68. The fourth-order valence-electron chi connectivity index (χ4n) is 1.66. The van der Waals surface area contributed by atoms with Crippen molar-refractivity contribution in [3.05, 3.63) is 20.8 Å². The molecule has 0 unspecified atom stereocenters. The molecular weight excluding hydrogens is 340 g/mol. The molecule has 0 saturated carbocycles. The van der Waals surface area contributed by atoms with Gasteiger partial charge < -0.3 is 15.5 Å². The Balaban J connectivity index is 2.47. The second kappa shape index (κ2) is 8.26. The molecule has 7 heteroatoms. The van der Waals surface area contributed by atoms with E-state index in [1.165, 1.54) is 4.88 Å². The number of amides is 1. The van der Waals surface area contributed by atoms with Crippen LogP contribution in [0.1, 0.15) is 18.7 Å². The fraction of sp³-hybridized carbons (Fsp3) is 0.538. The molecule has 0 radical (unpaired) electrons. The summed E-state index contributed by atoms with van der Waals surface area (Å²) in [6.45, 7) is 4.85. The van der Waals surface area contributed by atoms with Gasteiger partial charge in [0, 0.05) is 25.0 Å². The lowest BCUT2D eigenvalue weighted by Crippen LogP contribution is -2.44. The molecule has 1 heterocycles. The molecule has 0 atom stereocenters. The highest BCUT2D eigenvalue weighted by Crippen LogP contribution is 2.22. The van der Waals surface area contributed by atoms with Crippen molar-refractivity contribution in [2.45, 2.75) is 26.4 Å². The van der Waals surface area contributed by atoms with Crippen molar-refractivity contribution in [3.8, 4) is 0 Å². The maximum absolute atomic E-state index is 11.6. The van der Waals surface area contributed by atoms with E-state index in [0.717, 1.165) is 10.3 Å². The molecule has 2 N–H and O–H groups in total. The number of rotatable bonds is 5. The highest BCUT2D eigenvalue weighted by Gasteiger charge is 2.10. The summed E-state index contributed by atoms with van der Waals surface area (Å²) < 4.78 is 1.11. The van der Waals surface area contributed by atoms with Crippen molar-refractivity contribution < 1.29 is 4.79 Å². The number of carbonyl (C=O) groups is 1. The molecule has 20 heavy (non-hydrogen) atoms. The van der Waals surface area contributed by atoms with Gasteiger partial charge in [0.25, 0.3) is 0 Å². The summed E-state index contributed by atoms with van der Waals surface area (Å²) in [4.78, 5) is 19.0. The molecule has 0 aliphatic carbocycles. The van der Waals surface area contributed by atoms with Crippen LogP contribution in [-0.2, 0) is 11.3 Å². The van der Waals surface area contributed by atoms with Gasteiger partial charge in [-0.05, 0) is 41.9 Å². The third-order valence-electron chi connectivity index (χ3n) is 2.45. The lowest BCUT2D eigenvalue weighted by molar-refractivity contribution is -0.120. The third kappa shape index (κ3) is 5.92. The van der Waals surface area contributed by atoms with Crippen molar-refractivity contribution >= 4 is 39.1 Å². The van der Waals surface area contributed by atoms with Crippen LogP contribution in [0.25, 0.3) is 0 Å². The van der Waals surface area contributed by atoms with Crippen LogP contribution in [0.3, 0.4) is 0 Å². The monoisotopic (exact) mass is 360 g/mol. The van der Waals surface area contributed by atoms with E-state index in [-0.39, 0.29) is 18.5 Å². The molecule has 0 saturated heterocycles. The molecule has 0 aliphatic rings.